The number of benzene rings is 1. The van der Waals surface area contributed by atoms with Crippen LogP contribution in [0.4, 0.5) is 13.2 Å². The van der Waals surface area contributed by atoms with Crippen molar-refractivity contribution in [2.75, 3.05) is 6.61 Å². The van der Waals surface area contributed by atoms with Crippen LogP contribution in [0.1, 0.15) is 17.3 Å². The second-order valence-electron chi connectivity index (χ2n) is 2.87. The molecule has 0 atom stereocenters. The van der Waals surface area contributed by atoms with Crippen LogP contribution in [0.15, 0.2) is 12.1 Å². The third-order valence-corrected chi connectivity index (χ3v) is 2.00. The molecule has 0 fully saturated rings. The predicted octanol–water partition coefficient (Wildman–Crippen LogP) is 3.26. The average Bonchev–Trinajstić information content (AvgIpc) is 2.22. The largest absolute Gasteiger partial charge is 0.462 e. The van der Waals surface area contributed by atoms with Gasteiger partial charge in [0.05, 0.1) is 11.6 Å². The minimum atomic E-state index is -3.09. The van der Waals surface area contributed by atoms with Crippen molar-refractivity contribution >= 4 is 17.6 Å². The highest BCUT2D eigenvalue weighted by Gasteiger charge is 2.19. The van der Waals surface area contributed by atoms with Gasteiger partial charge in [0.15, 0.2) is 5.82 Å². The Labute approximate surface area is 100 Å². The Balaban J connectivity index is 3.10. The van der Waals surface area contributed by atoms with E-state index >= 15 is 0 Å². The van der Waals surface area contributed by atoms with Crippen molar-refractivity contribution in [1.82, 2.24) is 0 Å². The number of carbonyl (C=O) groups is 1. The van der Waals surface area contributed by atoms with Crippen LogP contribution in [0.2, 0.25) is 5.02 Å². The molecule has 1 aromatic rings. The number of hydrogen-bond donors (Lipinski definition) is 0. The molecule has 94 valence electrons. The molecule has 0 aromatic heterocycles. The predicted molar refractivity (Wildman–Crippen MR) is 54.0 cm³/mol. The summed E-state index contributed by atoms with van der Waals surface area (Å²) < 4.78 is 45.9. The van der Waals surface area contributed by atoms with Crippen molar-refractivity contribution in [2.24, 2.45) is 0 Å². The number of hydrogen-bond acceptors (Lipinski definition) is 3. The second kappa shape index (κ2) is 5.77. The average molecular weight is 269 g/mol. The minimum Gasteiger partial charge on any atom is -0.462 e. The van der Waals surface area contributed by atoms with Crippen molar-refractivity contribution in [3.63, 3.8) is 0 Å². The lowest BCUT2D eigenvalue weighted by Gasteiger charge is -2.09. The lowest BCUT2D eigenvalue weighted by Crippen LogP contribution is -2.09. The molecule has 7 heteroatoms. The maximum atomic E-state index is 13.4. The molecule has 0 aliphatic heterocycles. The van der Waals surface area contributed by atoms with Crippen LogP contribution < -0.4 is 4.74 Å². The van der Waals surface area contributed by atoms with Gasteiger partial charge in [0.2, 0.25) is 0 Å². The Hall–Kier alpha value is -1.43. The molecule has 1 aromatic carbocycles. The summed E-state index contributed by atoms with van der Waals surface area (Å²) in [5.41, 5.74) is -0.546. The molecular weight excluding hydrogens is 261 g/mol. The third kappa shape index (κ3) is 3.52. The fourth-order valence-electron chi connectivity index (χ4n) is 1.09. The highest BCUT2D eigenvalue weighted by atomic mass is 35.5. The Morgan fingerprint density at radius 2 is 2.12 bits per heavy atom. The summed E-state index contributed by atoms with van der Waals surface area (Å²) in [5, 5.41) is -0.494. The van der Waals surface area contributed by atoms with Crippen LogP contribution in [-0.4, -0.2) is 19.2 Å². The summed E-state index contributed by atoms with van der Waals surface area (Å²) in [6.45, 7) is -1.54. The van der Waals surface area contributed by atoms with Crippen LogP contribution in [0.25, 0.3) is 0 Å². The first-order chi connectivity index (χ1) is 7.95. The van der Waals surface area contributed by atoms with Crippen LogP contribution >= 0.6 is 11.6 Å². The summed E-state index contributed by atoms with van der Waals surface area (Å²) in [4.78, 5) is 11.3. The van der Waals surface area contributed by atoms with E-state index in [1.54, 1.807) is 0 Å². The lowest BCUT2D eigenvalue weighted by atomic mass is 10.2. The van der Waals surface area contributed by atoms with Crippen LogP contribution in [0.3, 0.4) is 0 Å². The van der Waals surface area contributed by atoms with Crippen LogP contribution in [-0.2, 0) is 4.74 Å². The van der Waals surface area contributed by atoms with Gasteiger partial charge in [-0.2, -0.15) is 8.78 Å². The lowest BCUT2D eigenvalue weighted by molar-refractivity contribution is -0.0499. The first-order valence-electron chi connectivity index (χ1n) is 4.56. The number of esters is 1. The molecule has 3 nitrogen and oxygen atoms in total. The van der Waals surface area contributed by atoms with Gasteiger partial charge in [-0.15, -0.1) is 0 Å². The number of ether oxygens (including phenoxy) is 2. The van der Waals surface area contributed by atoms with Crippen LogP contribution in [0.5, 0.6) is 5.75 Å². The number of rotatable bonds is 4. The Kier molecular flexibility index (Phi) is 4.62. The summed E-state index contributed by atoms with van der Waals surface area (Å²) >= 11 is 5.44. The Morgan fingerprint density at radius 1 is 1.47 bits per heavy atom. The zero-order valence-electron chi connectivity index (χ0n) is 8.68. The normalized spacial score (nSPS) is 10.5. The third-order valence-electron chi connectivity index (χ3n) is 1.72. The zero-order valence-corrected chi connectivity index (χ0v) is 9.43. The molecule has 0 radical (unpaired) electrons. The monoisotopic (exact) mass is 268 g/mol. The number of carbonyl (C=O) groups excluding carboxylic acids is 1. The maximum absolute atomic E-state index is 13.4. The van der Waals surface area contributed by atoms with Crippen molar-refractivity contribution in [2.45, 2.75) is 13.5 Å². The molecule has 1 rings (SSSR count). The molecule has 17 heavy (non-hydrogen) atoms. The SMILES string of the molecule is CCOC(=O)c1cc(OC(F)F)cc(Cl)c1F. The second-order valence-corrected chi connectivity index (χ2v) is 3.27. The van der Waals surface area contributed by atoms with E-state index in [4.69, 9.17) is 11.6 Å². The molecule has 0 aliphatic carbocycles. The highest BCUT2D eigenvalue weighted by Crippen LogP contribution is 2.27. The topological polar surface area (TPSA) is 35.5 Å². The van der Waals surface area contributed by atoms with E-state index in [2.05, 4.69) is 9.47 Å². The van der Waals surface area contributed by atoms with Gasteiger partial charge in [-0.3, -0.25) is 0 Å². The molecular formula is C10H8ClF3O3. The molecule has 0 saturated carbocycles. The zero-order chi connectivity index (χ0) is 13.0. The molecule has 0 saturated heterocycles. The minimum absolute atomic E-state index is 0.0236. The molecule has 0 heterocycles. The van der Waals surface area contributed by atoms with Crippen LogP contribution in [0, 0.1) is 5.82 Å². The molecule has 0 aliphatic rings. The smallest absolute Gasteiger partial charge is 0.387 e. The molecule has 0 spiro atoms. The van der Waals surface area contributed by atoms with E-state index in [-0.39, 0.29) is 6.61 Å². The fraction of sp³-hybridized carbons (Fsp3) is 0.300. The number of alkyl halides is 2. The van der Waals surface area contributed by atoms with E-state index in [9.17, 15) is 18.0 Å². The Morgan fingerprint density at radius 3 is 2.65 bits per heavy atom. The summed E-state index contributed by atoms with van der Waals surface area (Å²) in [6.07, 6.45) is 0. The summed E-state index contributed by atoms with van der Waals surface area (Å²) in [5.74, 6) is -2.44. The molecule has 0 amide bonds. The molecule has 0 unspecified atom stereocenters. The van der Waals surface area contributed by atoms with Gasteiger partial charge in [0, 0.05) is 6.07 Å². The van der Waals surface area contributed by atoms with E-state index < -0.39 is 34.7 Å². The van der Waals surface area contributed by atoms with Gasteiger partial charge in [-0.25, -0.2) is 9.18 Å². The van der Waals surface area contributed by atoms with E-state index in [1.165, 1.54) is 6.92 Å². The van der Waals surface area contributed by atoms with E-state index in [0.29, 0.717) is 0 Å². The van der Waals surface area contributed by atoms with Gasteiger partial charge in [-0.1, -0.05) is 11.6 Å². The Bertz CT molecular complexity index is 424. The summed E-state index contributed by atoms with van der Waals surface area (Å²) in [6, 6.07) is 1.66. The standard InChI is InChI=1S/C10H8ClF3O3/c1-2-16-9(15)6-3-5(17-10(13)14)4-7(11)8(6)12/h3-4,10H,2H2,1H3. The van der Waals surface area contributed by atoms with E-state index in [0.717, 1.165) is 12.1 Å². The van der Waals surface area contributed by atoms with Crippen molar-refractivity contribution < 1.29 is 27.4 Å². The van der Waals surface area contributed by atoms with Gasteiger partial charge in [0.1, 0.15) is 11.3 Å². The van der Waals surface area contributed by atoms with Crippen molar-refractivity contribution in [1.29, 1.82) is 0 Å². The van der Waals surface area contributed by atoms with Gasteiger partial charge < -0.3 is 9.47 Å². The summed E-state index contributed by atoms with van der Waals surface area (Å²) in [7, 11) is 0. The number of halogens is 4. The first kappa shape index (κ1) is 13.6. The van der Waals surface area contributed by atoms with Gasteiger partial charge in [0.25, 0.3) is 0 Å². The maximum Gasteiger partial charge on any atom is 0.387 e. The van der Waals surface area contributed by atoms with Gasteiger partial charge >= 0.3 is 12.6 Å². The highest BCUT2D eigenvalue weighted by molar-refractivity contribution is 6.31. The quantitative estimate of drug-likeness (QED) is 0.786. The van der Waals surface area contributed by atoms with Gasteiger partial charge in [-0.05, 0) is 13.0 Å². The fourth-order valence-corrected chi connectivity index (χ4v) is 1.30. The van der Waals surface area contributed by atoms with E-state index in [1.807, 2.05) is 0 Å². The first-order valence-corrected chi connectivity index (χ1v) is 4.94. The molecule has 0 N–H and O–H groups in total. The molecule has 0 bridgehead atoms. The van der Waals surface area contributed by atoms with Crippen molar-refractivity contribution in [3.05, 3.63) is 28.5 Å². The van der Waals surface area contributed by atoms with Crippen molar-refractivity contribution in [3.8, 4) is 5.75 Å².